The van der Waals surface area contributed by atoms with Crippen LogP contribution in [0.25, 0.3) is 5.57 Å². The molecule has 2 unspecified atom stereocenters. The first kappa shape index (κ1) is 15.6. The SMILES string of the molecule is Cc1ccc(C2=CC3CCCC(C2)S3(=O)=O)cc1C(F)(F)F. The largest absolute Gasteiger partial charge is 0.416 e. The number of halogens is 3. The maximum Gasteiger partial charge on any atom is 0.416 e. The lowest BCUT2D eigenvalue weighted by Gasteiger charge is -2.33. The molecule has 0 aromatic heterocycles. The van der Waals surface area contributed by atoms with Gasteiger partial charge in [0.1, 0.15) is 0 Å². The summed E-state index contributed by atoms with van der Waals surface area (Å²) in [6.07, 6.45) is -0.374. The Kier molecular flexibility index (Phi) is 3.62. The number of benzene rings is 1. The molecule has 2 aliphatic rings. The Morgan fingerprint density at radius 3 is 2.55 bits per heavy atom. The minimum Gasteiger partial charge on any atom is -0.228 e. The standard InChI is InChI=1S/C16H17F3O2S/c1-10-5-6-11(9-15(10)16(17,18)19)12-7-13-3-2-4-14(8-12)22(13,20)21/h5-7,9,13-14H,2-4,8H2,1H3. The Bertz CT molecular complexity index is 732. The molecule has 2 aliphatic heterocycles. The molecule has 1 aromatic carbocycles. The van der Waals surface area contributed by atoms with E-state index in [9.17, 15) is 21.6 Å². The van der Waals surface area contributed by atoms with Gasteiger partial charge in [0, 0.05) is 0 Å². The van der Waals surface area contributed by atoms with Gasteiger partial charge in [-0.2, -0.15) is 13.2 Å². The van der Waals surface area contributed by atoms with Crippen LogP contribution in [0.3, 0.4) is 0 Å². The van der Waals surface area contributed by atoms with Crippen LogP contribution in [0.1, 0.15) is 42.4 Å². The molecule has 0 radical (unpaired) electrons. The van der Waals surface area contributed by atoms with Gasteiger partial charge in [0.05, 0.1) is 16.1 Å². The summed E-state index contributed by atoms with van der Waals surface area (Å²) in [6, 6.07) is 4.26. The van der Waals surface area contributed by atoms with Crippen molar-refractivity contribution >= 4 is 15.4 Å². The minimum atomic E-state index is -4.39. The lowest BCUT2D eigenvalue weighted by atomic mass is 9.91. The number of sulfone groups is 1. The van der Waals surface area contributed by atoms with Crippen LogP contribution < -0.4 is 0 Å². The monoisotopic (exact) mass is 330 g/mol. The van der Waals surface area contributed by atoms with E-state index in [1.54, 1.807) is 12.1 Å². The smallest absolute Gasteiger partial charge is 0.228 e. The van der Waals surface area contributed by atoms with Gasteiger partial charge in [-0.15, -0.1) is 0 Å². The van der Waals surface area contributed by atoms with Gasteiger partial charge in [0.2, 0.25) is 0 Å². The normalized spacial score (nSPS) is 27.4. The first-order chi connectivity index (χ1) is 10.2. The summed E-state index contributed by atoms with van der Waals surface area (Å²) in [5.41, 5.74) is 0.754. The molecule has 2 atom stereocenters. The maximum absolute atomic E-state index is 13.0. The summed E-state index contributed by atoms with van der Waals surface area (Å²) >= 11 is 0. The Morgan fingerprint density at radius 1 is 1.18 bits per heavy atom. The van der Waals surface area contributed by atoms with E-state index < -0.39 is 32.1 Å². The molecule has 2 bridgehead atoms. The van der Waals surface area contributed by atoms with E-state index in [0.717, 1.165) is 18.1 Å². The van der Waals surface area contributed by atoms with Crippen LogP contribution in [0.15, 0.2) is 24.3 Å². The number of rotatable bonds is 1. The third-order valence-corrected chi connectivity index (χ3v) is 7.20. The zero-order chi connectivity index (χ0) is 16.1. The number of aryl methyl sites for hydroxylation is 1. The summed E-state index contributed by atoms with van der Waals surface area (Å²) in [4.78, 5) is 0. The molecule has 22 heavy (non-hydrogen) atoms. The molecule has 1 saturated heterocycles. The second-order valence-electron chi connectivity index (χ2n) is 6.10. The van der Waals surface area contributed by atoms with Crippen LogP contribution in [0.4, 0.5) is 13.2 Å². The number of fused-ring (bicyclic) bond motifs is 2. The van der Waals surface area contributed by atoms with Crippen LogP contribution in [0, 0.1) is 6.92 Å². The van der Waals surface area contributed by atoms with Crippen LogP contribution in [0.2, 0.25) is 0 Å². The molecule has 1 aromatic rings. The second-order valence-corrected chi connectivity index (χ2v) is 8.55. The molecular weight excluding hydrogens is 313 g/mol. The lowest BCUT2D eigenvalue weighted by Crippen LogP contribution is -2.38. The number of allylic oxidation sites excluding steroid dienone is 1. The van der Waals surface area contributed by atoms with E-state index in [1.165, 1.54) is 13.0 Å². The molecule has 2 nitrogen and oxygen atoms in total. The quantitative estimate of drug-likeness (QED) is 0.776. The van der Waals surface area contributed by atoms with Crippen molar-refractivity contribution in [2.24, 2.45) is 0 Å². The van der Waals surface area contributed by atoms with Gasteiger partial charge >= 0.3 is 6.18 Å². The molecule has 0 amide bonds. The second kappa shape index (κ2) is 5.11. The van der Waals surface area contributed by atoms with E-state index in [1.807, 2.05) is 0 Å². The minimum absolute atomic E-state index is 0.181. The van der Waals surface area contributed by atoms with E-state index >= 15 is 0 Å². The first-order valence-electron chi connectivity index (χ1n) is 7.31. The Balaban J connectivity index is 2.04. The fourth-order valence-electron chi connectivity index (χ4n) is 3.40. The highest BCUT2D eigenvalue weighted by molar-refractivity contribution is 7.93. The van der Waals surface area contributed by atoms with Gasteiger partial charge in [-0.3, -0.25) is 0 Å². The van der Waals surface area contributed by atoms with Crippen molar-refractivity contribution in [3.05, 3.63) is 41.0 Å². The topological polar surface area (TPSA) is 34.1 Å². The average Bonchev–Trinajstić information content (AvgIpc) is 2.36. The van der Waals surface area contributed by atoms with Gasteiger partial charge in [-0.25, -0.2) is 8.42 Å². The first-order valence-corrected chi connectivity index (χ1v) is 8.92. The molecule has 0 saturated carbocycles. The van der Waals surface area contributed by atoms with Gasteiger partial charge < -0.3 is 0 Å². The Labute approximate surface area is 128 Å². The third kappa shape index (κ3) is 2.57. The van der Waals surface area contributed by atoms with Crippen molar-refractivity contribution in [1.82, 2.24) is 0 Å². The summed E-state index contributed by atoms with van der Waals surface area (Å²) in [6.45, 7) is 1.43. The van der Waals surface area contributed by atoms with Crippen molar-refractivity contribution in [3.63, 3.8) is 0 Å². The average molecular weight is 330 g/mol. The van der Waals surface area contributed by atoms with E-state index in [0.29, 0.717) is 24.8 Å². The zero-order valence-corrected chi connectivity index (χ0v) is 13.0. The van der Waals surface area contributed by atoms with E-state index in [-0.39, 0.29) is 5.56 Å². The summed E-state index contributed by atoms with van der Waals surface area (Å²) in [5, 5.41) is -0.979. The molecule has 0 aliphatic carbocycles. The van der Waals surface area contributed by atoms with Crippen LogP contribution >= 0.6 is 0 Å². The summed E-state index contributed by atoms with van der Waals surface area (Å²) in [5.74, 6) is 0. The molecule has 6 heteroatoms. The van der Waals surface area contributed by atoms with E-state index in [4.69, 9.17) is 0 Å². The lowest BCUT2D eigenvalue weighted by molar-refractivity contribution is -0.138. The summed E-state index contributed by atoms with van der Waals surface area (Å²) in [7, 11) is -3.15. The van der Waals surface area contributed by atoms with Gasteiger partial charge in [-0.05, 0) is 49.0 Å². The Hall–Kier alpha value is -1.30. The molecule has 120 valence electrons. The van der Waals surface area contributed by atoms with Gasteiger partial charge in [-0.1, -0.05) is 24.6 Å². The highest BCUT2D eigenvalue weighted by Crippen LogP contribution is 2.40. The predicted octanol–water partition coefficient (Wildman–Crippen LogP) is 4.14. The molecule has 3 rings (SSSR count). The van der Waals surface area contributed by atoms with Crippen LogP contribution in [-0.4, -0.2) is 18.9 Å². The summed E-state index contributed by atoms with van der Waals surface area (Å²) < 4.78 is 63.6. The van der Waals surface area contributed by atoms with Gasteiger partial charge in [0.15, 0.2) is 9.84 Å². The van der Waals surface area contributed by atoms with Crippen molar-refractivity contribution < 1.29 is 21.6 Å². The predicted molar refractivity (Wildman–Crippen MR) is 79.1 cm³/mol. The third-order valence-electron chi connectivity index (χ3n) is 4.65. The molecule has 0 spiro atoms. The van der Waals surface area contributed by atoms with Crippen molar-refractivity contribution in [3.8, 4) is 0 Å². The van der Waals surface area contributed by atoms with Crippen LogP contribution in [0.5, 0.6) is 0 Å². The van der Waals surface area contributed by atoms with Crippen LogP contribution in [-0.2, 0) is 16.0 Å². The molecule has 0 N–H and O–H groups in total. The number of hydrogen-bond donors (Lipinski definition) is 0. The fraction of sp³-hybridized carbons (Fsp3) is 0.500. The number of hydrogen-bond acceptors (Lipinski definition) is 2. The molecular formula is C16H17F3O2S. The van der Waals surface area contributed by atoms with Gasteiger partial charge in [0.25, 0.3) is 0 Å². The fourth-order valence-corrected chi connectivity index (χ4v) is 5.65. The maximum atomic E-state index is 13.0. The Morgan fingerprint density at radius 2 is 1.91 bits per heavy atom. The highest BCUT2D eigenvalue weighted by atomic mass is 32.2. The highest BCUT2D eigenvalue weighted by Gasteiger charge is 2.41. The van der Waals surface area contributed by atoms with Crippen molar-refractivity contribution in [2.75, 3.05) is 0 Å². The molecule has 1 fully saturated rings. The van der Waals surface area contributed by atoms with E-state index in [2.05, 4.69) is 0 Å². The zero-order valence-electron chi connectivity index (χ0n) is 12.2. The number of alkyl halides is 3. The van der Waals surface area contributed by atoms with Crippen molar-refractivity contribution in [1.29, 1.82) is 0 Å². The molecule has 2 heterocycles. The van der Waals surface area contributed by atoms with Crippen molar-refractivity contribution in [2.45, 2.75) is 49.3 Å².